The van der Waals surface area contributed by atoms with Crippen LogP contribution < -0.4 is 0 Å². The number of unbranched alkanes of at least 4 members (excludes halogenated alkanes) is 1. The molecular formula is C21H25NO2. The van der Waals surface area contributed by atoms with Crippen molar-refractivity contribution in [3.63, 3.8) is 0 Å². The molecule has 0 fully saturated rings. The lowest BCUT2D eigenvalue weighted by Crippen LogP contribution is -2.27. The lowest BCUT2D eigenvalue weighted by Gasteiger charge is -2.32. The fourth-order valence-corrected chi connectivity index (χ4v) is 3.95. The second-order valence-electron chi connectivity index (χ2n) is 6.44. The van der Waals surface area contributed by atoms with Crippen LogP contribution in [0.5, 0.6) is 0 Å². The summed E-state index contributed by atoms with van der Waals surface area (Å²) in [6, 6.07) is 12.7. The van der Waals surface area contributed by atoms with Crippen LogP contribution in [-0.2, 0) is 14.9 Å². The van der Waals surface area contributed by atoms with E-state index in [-0.39, 0.29) is 11.4 Å². The molecule has 24 heavy (non-hydrogen) atoms. The first kappa shape index (κ1) is 16.7. The molecule has 1 unspecified atom stereocenters. The third-order valence-electron chi connectivity index (χ3n) is 5.04. The van der Waals surface area contributed by atoms with Crippen LogP contribution in [0.1, 0.15) is 57.1 Å². The van der Waals surface area contributed by atoms with Crippen LogP contribution >= 0.6 is 0 Å². The van der Waals surface area contributed by atoms with Crippen molar-refractivity contribution in [1.29, 1.82) is 0 Å². The highest BCUT2D eigenvalue weighted by molar-refractivity contribution is 5.79. The van der Waals surface area contributed by atoms with Crippen molar-refractivity contribution in [2.75, 3.05) is 6.61 Å². The molecule has 0 bridgehead atoms. The maximum Gasteiger partial charge on any atom is 0.305 e. The van der Waals surface area contributed by atoms with E-state index >= 15 is 0 Å². The first-order valence-corrected chi connectivity index (χ1v) is 8.94. The van der Waals surface area contributed by atoms with E-state index in [9.17, 15) is 4.79 Å². The van der Waals surface area contributed by atoms with Gasteiger partial charge in [0.2, 0.25) is 0 Å². The van der Waals surface area contributed by atoms with Gasteiger partial charge in [-0.1, -0.05) is 50.1 Å². The molecule has 0 amide bonds. The van der Waals surface area contributed by atoms with Gasteiger partial charge < -0.3 is 4.74 Å². The van der Waals surface area contributed by atoms with Gasteiger partial charge in [-0.2, -0.15) is 0 Å². The molecule has 1 aromatic heterocycles. The van der Waals surface area contributed by atoms with Crippen LogP contribution in [0.4, 0.5) is 0 Å². The number of hydrogen-bond acceptors (Lipinski definition) is 3. The van der Waals surface area contributed by atoms with Crippen molar-refractivity contribution in [3.05, 3.63) is 53.7 Å². The molecule has 0 N–H and O–H groups in total. The number of benzene rings is 1. The van der Waals surface area contributed by atoms with Gasteiger partial charge in [-0.15, -0.1) is 0 Å². The van der Waals surface area contributed by atoms with Crippen LogP contribution in [0, 0.1) is 0 Å². The maximum absolute atomic E-state index is 12.0. The number of hydrogen-bond donors (Lipinski definition) is 0. The smallest absolute Gasteiger partial charge is 0.305 e. The van der Waals surface area contributed by atoms with Crippen LogP contribution in [0.15, 0.2) is 42.6 Å². The summed E-state index contributed by atoms with van der Waals surface area (Å²) >= 11 is 0. The van der Waals surface area contributed by atoms with Gasteiger partial charge in [-0.05, 0) is 37.0 Å². The predicted octanol–water partition coefficient (Wildman–Crippen LogP) is 4.88. The summed E-state index contributed by atoms with van der Waals surface area (Å²) in [4.78, 5) is 16.7. The van der Waals surface area contributed by atoms with Crippen molar-refractivity contribution in [3.8, 4) is 11.3 Å². The number of carbonyl (C=O) groups excluding carboxylic acids is 1. The topological polar surface area (TPSA) is 39.2 Å². The van der Waals surface area contributed by atoms with E-state index in [4.69, 9.17) is 4.74 Å². The average molecular weight is 323 g/mol. The second kappa shape index (κ2) is 7.16. The molecule has 3 heteroatoms. The highest BCUT2D eigenvalue weighted by Gasteiger charge is 2.43. The molecule has 1 heterocycles. The average Bonchev–Trinajstić information content (AvgIpc) is 2.90. The van der Waals surface area contributed by atoms with E-state index in [1.165, 1.54) is 16.7 Å². The van der Waals surface area contributed by atoms with Crippen LogP contribution in [0.3, 0.4) is 0 Å². The SMILES string of the molecule is CCCCC1(CCC(=O)OCC)c2ccccc2-c2ncccc21. The first-order valence-electron chi connectivity index (χ1n) is 8.94. The molecule has 126 valence electrons. The van der Waals surface area contributed by atoms with Gasteiger partial charge in [0, 0.05) is 23.6 Å². The lowest BCUT2D eigenvalue weighted by molar-refractivity contribution is -0.143. The Bertz CT molecular complexity index is 678. The Balaban J connectivity index is 2.05. The number of carbonyl (C=O) groups is 1. The molecule has 0 aliphatic heterocycles. The fraction of sp³-hybridized carbons (Fsp3) is 0.429. The largest absolute Gasteiger partial charge is 0.466 e. The zero-order valence-corrected chi connectivity index (χ0v) is 14.5. The molecule has 2 aromatic rings. The van der Waals surface area contributed by atoms with Crippen LogP contribution in [0.25, 0.3) is 11.3 Å². The molecule has 1 aromatic carbocycles. The third-order valence-corrected chi connectivity index (χ3v) is 5.04. The number of fused-ring (bicyclic) bond motifs is 3. The second-order valence-corrected chi connectivity index (χ2v) is 6.44. The number of pyridine rings is 1. The minimum atomic E-state index is -0.122. The number of aromatic nitrogens is 1. The van der Waals surface area contributed by atoms with Crippen molar-refractivity contribution in [2.24, 2.45) is 0 Å². The lowest BCUT2D eigenvalue weighted by atomic mass is 9.71. The summed E-state index contributed by atoms with van der Waals surface area (Å²) in [5.74, 6) is -0.108. The Morgan fingerprint density at radius 2 is 1.88 bits per heavy atom. The van der Waals surface area contributed by atoms with E-state index in [1.807, 2.05) is 19.2 Å². The summed E-state index contributed by atoms with van der Waals surface area (Å²) in [7, 11) is 0. The molecule has 1 aliphatic rings. The molecule has 1 atom stereocenters. The van der Waals surface area contributed by atoms with Gasteiger partial charge in [0.05, 0.1) is 12.3 Å². The Kier molecular flexibility index (Phi) is 4.98. The van der Waals surface area contributed by atoms with Gasteiger partial charge in [-0.3, -0.25) is 9.78 Å². The van der Waals surface area contributed by atoms with Crippen LogP contribution in [0.2, 0.25) is 0 Å². The molecule has 0 spiro atoms. The number of nitrogens with zero attached hydrogens (tertiary/aromatic N) is 1. The highest BCUT2D eigenvalue weighted by atomic mass is 16.5. The van der Waals surface area contributed by atoms with Crippen molar-refractivity contribution >= 4 is 5.97 Å². The molecule has 0 saturated heterocycles. The zero-order valence-electron chi connectivity index (χ0n) is 14.5. The van der Waals surface area contributed by atoms with Crippen molar-refractivity contribution in [1.82, 2.24) is 4.98 Å². The van der Waals surface area contributed by atoms with Gasteiger partial charge in [0.1, 0.15) is 0 Å². The van der Waals surface area contributed by atoms with Gasteiger partial charge in [0.15, 0.2) is 0 Å². The predicted molar refractivity (Wildman–Crippen MR) is 95.8 cm³/mol. The monoisotopic (exact) mass is 323 g/mol. The quantitative estimate of drug-likeness (QED) is 0.682. The summed E-state index contributed by atoms with van der Waals surface area (Å²) in [5.41, 5.74) is 4.75. The fourth-order valence-electron chi connectivity index (χ4n) is 3.95. The normalized spacial score (nSPS) is 18.1. The Morgan fingerprint density at radius 3 is 2.67 bits per heavy atom. The molecule has 3 nitrogen and oxygen atoms in total. The van der Waals surface area contributed by atoms with E-state index in [2.05, 4.69) is 42.2 Å². The highest BCUT2D eigenvalue weighted by Crippen LogP contribution is 2.52. The van der Waals surface area contributed by atoms with E-state index < -0.39 is 0 Å². The minimum absolute atomic E-state index is 0.108. The van der Waals surface area contributed by atoms with E-state index in [0.717, 1.165) is 31.4 Å². The Hall–Kier alpha value is -2.16. The molecule has 0 saturated carbocycles. The van der Waals surface area contributed by atoms with Gasteiger partial charge in [0.25, 0.3) is 0 Å². The molecule has 1 aliphatic carbocycles. The molecular weight excluding hydrogens is 298 g/mol. The first-order chi connectivity index (χ1) is 11.7. The summed E-state index contributed by atoms with van der Waals surface area (Å²) in [6.45, 7) is 4.51. The van der Waals surface area contributed by atoms with Crippen LogP contribution in [-0.4, -0.2) is 17.6 Å². The Labute approximate surface area is 144 Å². The van der Waals surface area contributed by atoms with Gasteiger partial charge in [-0.25, -0.2) is 0 Å². The number of ether oxygens (including phenoxy) is 1. The number of rotatable bonds is 7. The van der Waals surface area contributed by atoms with Gasteiger partial charge >= 0.3 is 5.97 Å². The summed E-state index contributed by atoms with van der Waals surface area (Å²) in [5, 5.41) is 0. The maximum atomic E-state index is 12.0. The minimum Gasteiger partial charge on any atom is -0.466 e. The standard InChI is InChI=1S/C21H25NO2/c1-3-5-13-21(14-12-19(23)24-4-2)17-10-7-6-9-16(17)20-18(21)11-8-15-22-20/h6-11,15H,3-5,12-14H2,1-2H3. The zero-order chi connectivity index (χ0) is 17.0. The number of esters is 1. The van der Waals surface area contributed by atoms with Crippen molar-refractivity contribution in [2.45, 2.75) is 51.4 Å². The molecule has 3 rings (SSSR count). The van der Waals surface area contributed by atoms with Crippen molar-refractivity contribution < 1.29 is 9.53 Å². The molecule has 0 radical (unpaired) electrons. The summed E-state index contributed by atoms with van der Waals surface area (Å²) in [6.07, 6.45) is 6.39. The van der Waals surface area contributed by atoms with E-state index in [0.29, 0.717) is 13.0 Å². The summed E-state index contributed by atoms with van der Waals surface area (Å²) < 4.78 is 5.17. The third kappa shape index (κ3) is 2.83. The Morgan fingerprint density at radius 1 is 1.08 bits per heavy atom. The van der Waals surface area contributed by atoms with E-state index in [1.54, 1.807) is 0 Å².